The number of nitrogens with one attached hydrogen (secondary N) is 1. The van der Waals surface area contributed by atoms with Gasteiger partial charge in [-0.3, -0.25) is 4.79 Å². The third kappa shape index (κ3) is 2.35. The van der Waals surface area contributed by atoms with Gasteiger partial charge in [0.25, 0.3) is 0 Å². The Morgan fingerprint density at radius 2 is 2.00 bits per heavy atom. The van der Waals surface area contributed by atoms with Gasteiger partial charge in [0.15, 0.2) is 0 Å². The van der Waals surface area contributed by atoms with Gasteiger partial charge in [0.2, 0.25) is 5.91 Å². The molecule has 17 heavy (non-hydrogen) atoms. The quantitative estimate of drug-likeness (QED) is 0.527. The zero-order chi connectivity index (χ0) is 13.1. The van der Waals surface area contributed by atoms with Crippen LogP contribution in [0.5, 0.6) is 0 Å². The standard InChI is InChI=1S/C11H15NO5/c1-7(15)12-11(10(16)17-2)4-8(5-13)3-9(11)6-14/h5-6,8-9H,3-4H2,1-2H3,(H,12,15)/t8-,9+,11-/m1/s1. The highest BCUT2D eigenvalue weighted by atomic mass is 16.5. The van der Waals surface area contributed by atoms with E-state index >= 15 is 0 Å². The van der Waals surface area contributed by atoms with Crippen LogP contribution in [-0.2, 0) is 23.9 Å². The van der Waals surface area contributed by atoms with Crippen LogP contribution in [0.4, 0.5) is 0 Å². The van der Waals surface area contributed by atoms with Crippen molar-refractivity contribution in [2.24, 2.45) is 11.8 Å². The van der Waals surface area contributed by atoms with E-state index in [1.165, 1.54) is 14.0 Å². The van der Waals surface area contributed by atoms with E-state index in [2.05, 4.69) is 10.1 Å². The summed E-state index contributed by atoms with van der Waals surface area (Å²) in [4.78, 5) is 44.7. The number of carbonyl (C=O) groups is 4. The van der Waals surface area contributed by atoms with Crippen LogP contribution in [0.3, 0.4) is 0 Å². The molecule has 0 spiro atoms. The van der Waals surface area contributed by atoms with Crippen LogP contribution in [0.25, 0.3) is 0 Å². The Bertz CT molecular complexity index is 354. The number of amides is 1. The molecule has 3 atom stereocenters. The molecule has 0 unspecified atom stereocenters. The molecule has 0 radical (unpaired) electrons. The number of aldehydes is 2. The summed E-state index contributed by atoms with van der Waals surface area (Å²) in [6.45, 7) is 1.25. The Hall–Kier alpha value is -1.72. The minimum absolute atomic E-state index is 0.103. The molecule has 1 aliphatic carbocycles. The maximum atomic E-state index is 11.8. The fraction of sp³-hybridized carbons (Fsp3) is 0.636. The van der Waals surface area contributed by atoms with Gasteiger partial charge < -0.3 is 19.6 Å². The van der Waals surface area contributed by atoms with Gasteiger partial charge in [-0.15, -0.1) is 0 Å². The molecule has 0 bridgehead atoms. The molecule has 6 heteroatoms. The second-order valence-corrected chi connectivity index (χ2v) is 4.22. The predicted octanol–water partition coefficient (Wildman–Crippen LogP) is -0.542. The zero-order valence-electron chi connectivity index (χ0n) is 9.76. The Morgan fingerprint density at radius 1 is 1.35 bits per heavy atom. The molecule has 0 saturated heterocycles. The van der Waals surface area contributed by atoms with Gasteiger partial charge in [0, 0.05) is 18.8 Å². The van der Waals surface area contributed by atoms with Crippen LogP contribution in [0.1, 0.15) is 19.8 Å². The summed E-state index contributed by atoms with van der Waals surface area (Å²) >= 11 is 0. The summed E-state index contributed by atoms with van der Waals surface area (Å²) in [7, 11) is 1.18. The van der Waals surface area contributed by atoms with Crippen LogP contribution in [0.2, 0.25) is 0 Å². The van der Waals surface area contributed by atoms with Crippen molar-refractivity contribution < 1.29 is 23.9 Å². The molecular formula is C11H15NO5. The summed E-state index contributed by atoms with van der Waals surface area (Å²) in [6, 6.07) is 0. The molecule has 0 heterocycles. The molecule has 94 valence electrons. The lowest BCUT2D eigenvalue weighted by atomic mass is 9.87. The molecule has 1 amide bonds. The molecule has 1 fully saturated rings. The minimum Gasteiger partial charge on any atom is -0.467 e. The predicted molar refractivity (Wildman–Crippen MR) is 56.9 cm³/mol. The Kier molecular flexibility index (Phi) is 3.98. The highest BCUT2D eigenvalue weighted by Crippen LogP contribution is 2.38. The first-order valence-corrected chi connectivity index (χ1v) is 5.28. The van der Waals surface area contributed by atoms with Crippen molar-refractivity contribution in [2.75, 3.05) is 7.11 Å². The van der Waals surface area contributed by atoms with E-state index in [4.69, 9.17) is 0 Å². The van der Waals surface area contributed by atoms with Crippen molar-refractivity contribution in [3.8, 4) is 0 Å². The van der Waals surface area contributed by atoms with E-state index in [0.29, 0.717) is 12.6 Å². The lowest BCUT2D eigenvalue weighted by molar-refractivity contribution is -0.153. The highest BCUT2D eigenvalue weighted by Gasteiger charge is 2.54. The van der Waals surface area contributed by atoms with E-state index in [-0.39, 0.29) is 12.8 Å². The number of methoxy groups -OCH3 is 1. The average molecular weight is 241 g/mol. The second-order valence-electron chi connectivity index (χ2n) is 4.22. The van der Waals surface area contributed by atoms with Gasteiger partial charge in [-0.05, 0) is 12.8 Å². The minimum atomic E-state index is -1.39. The number of rotatable bonds is 4. The van der Waals surface area contributed by atoms with E-state index < -0.39 is 29.3 Å². The maximum absolute atomic E-state index is 11.8. The Morgan fingerprint density at radius 3 is 2.41 bits per heavy atom. The largest absolute Gasteiger partial charge is 0.467 e. The number of hydrogen-bond acceptors (Lipinski definition) is 5. The highest BCUT2D eigenvalue weighted by molar-refractivity contribution is 5.91. The Balaban J connectivity index is 3.10. The number of carbonyl (C=O) groups excluding carboxylic acids is 4. The monoisotopic (exact) mass is 241 g/mol. The topological polar surface area (TPSA) is 89.5 Å². The van der Waals surface area contributed by atoms with Gasteiger partial charge in [-0.2, -0.15) is 0 Å². The van der Waals surface area contributed by atoms with Crippen LogP contribution in [0.15, 0.2) is 0 Å². The van der Waals surface area contributed by atoms with Crippen molar-refractivity contribution >= 4 is 24.4 Å². The van der Waals surface area contributed by atoms with E-state index in [9.17, 15) is 19.2 Å². The SMILES string of the molecule is COC(=O)[C@@]1(NC(C)=O)C[C@H](C=O)C[C@H]1C=O. The molecular weight excluding hydrogens is 226 g/mol. The molecule has 1 N–H and O–H groups in total. The van der Waals surface area contributed by atoms with Crippen LogP contribution < -0.4 is 5.32 Å². The Labute approximate surface area is 98.7 Å². The molecule has 0 aromatic rings. The summed E-state index contributed by atoms with van der Waals surface area (Å²) in [6.07, 6.45) is 1.65. The van der Waals surface area contributed by atoms with Crippen molar-refractivity contribution in [2.45, 2.75) is 25.3 Å². The maximum Gasteiger partial charge on any atom is 0.332 e. The first-order valence-electron chi connectivity index (χ1n) is 5.28. The first kappa shape index (κ1) is 13.3. The van der Waals surface area contributed by atoms with Crippen molar-refractivity contribution in [3.63, 3.8) is 0 Å². The lowest BCUT2D eigenvalue weighted by Crippen LogP contribution is -2.57. The average Bonchev–Trinajstić information content (AvgIpc) is 2.66. The van der Waals surface area contributed by atoms with Gasteiger partial charge in [-0.25, -0.2) is 4.79 Å². The zero-order valence-corrected chi connectivity index (χ0v) is 9.76. The van der Waals surface area contributed by atoms with Gasteiger partial charge in [0.1, 0.15) is 18.1 Å². The van der Waals surface area contributed by atoms with Crippen molar-refractivity contribution in [3.05, 3.63) is 0 Å². The van der Waals surface area contributed by atoms with E-state index in [1.807, 2.05) is 0 Å². The second kappa shape index (κ2) is 5.07. The molecule has 6 nitrogen and oxygen atoms in total. The fourth-order valence-corrected chi connectivity index (χ4v) is 2.38. The molecule has 1 rings (SSSR count). The van der Waals surface area contributed by atoms with Crippen molar-refractivity contribution in [1.29, 1.82) is 0 Å². The molecule has 1 saturated carbocycles. The summed E-state index contributed by atoms with van der Waals surface area (Å²) < 4.78 is 4.63. The summed E-state index contributed by atoms with van der Waals surface area (Å²) in [5, 5.41) is 2.47. The number of ether oxygens (including phenoxy) is 1. The lowest BCUT2D eigenvalue weighted by Gasteiger charge is -2.30. The number of esters is 1. The number of hydrogen-bond donors (Lipinski definition) is 1. The van der Waals surface area contributed by atoms with Gasteiger partial charge in [-0.1, -0.05) is 0 Å². The van der Waals surface area contributed by atoms with Crippen molar-refractivity contribution in [1.82, 2.24) is 5.32 Å². The van der Waals surface area contributed by atoms with E-state index in [0.717, 1.165) is 0 Å². The molecule has 0 aliphatic heterocycles. The van der Waals surface area contributed by atoms with Gasteiger partial charge >= 0.3 is 5.97 Å². The smallest absolute Gasteiger partial charge is 0.332 e. The van der Waals surface area contributed by atoms with Crippen LogP contribution in [0, 0.1) is 11.8 Å². The molecule has 0 aromatic heterocycles. The van der Waals surface area contributed by atoms with Crippen LogP contribution in [-0.4, -0.2) is 37.1 Å². The molecule has 1 aliphatic rings. The van der Waals surface area contributed by atoms with E-state index in [1.54, 1.807) is 0 Å². The third-order valence-electron chi connectivity index (χ3n) is 3.08. The van der Waals surface area contributed by atoms with Gasteiger partial charge in [0.05, 0.1) is 7.11 Å². The van der Waals surface area contributed by atoms with Crippen LogP contribution >= 0.6 is 0 Å². The fourth-order valence-electron chi connectivity index (χ4n) is 2.38. The summed E-state index contributed by atoms with van der Waals surface area (Å²) in [5.74, 6) is -2.27. The molecule has 0 aromatic carbocycles. The third-order valence-corrected chi connectivity index (χ3v) is 3.08. The normalized spacial score (nSPS) is 31.6. The summed E-state index contributed by atoms with van der Waals surface area (Å²) in [5.41, 5.74) is -1.39. The first-order chi connectivity index (χ1) is 8.00.